The molecule has 0 aromatic carbocycles. The van der Waals surface area contributed by atoms with E-state index in [9.17, 15) is 4.79 Å². The van der Waals surface area contributed by atoms with E-state index < -0.39 is 0 Å². The molecule has 0 radical (unpaired) electrons. The van der Waals surface area contributed by atoms with E-state index in [2.05, 4.69) is 6.58 Å². The second-order valence-electron chi connectivity index (χ2n) is 1.50. The van der Waals surface area contributed by atoms with Crippen molar-refractivity contribution in [3.8, 4) is 0 Å². The van der Waals surface area contributed by atoms with Crippen molar-refractivity contribution in [1.29, 1.82) is 0 Å². The van der Waals surface area contributed by atoms with Crippen LogP contribution >= 0.6 is 0 Å². The molecule has 0 atom stereocenters. The third-order valence-electron chi connectivity index (χ3n) is 0.894. The fraction of sp³-hybridized carbons (Fsp3) is 0.300. The molecule has 0 bridgehead atoms. The van der Waals surface area contributed by atoms with E-state index in [1.54, 1.807) is 24.3 Å². The molecule has 0 aromatic heterocycles. The van der Waals surface area contributed by atoms with E-state index in [0.29, 0.717) is 5.57 Å². The highest BCUT2D eigenvalue weighted by Crippen LogP contribution is 1.90. The van der Waals surface area contributed by atoms with Gasteiger partial charge in [-0.05, 0) is 6.92 Å². The van der Waals surface area contributed by atoms with Gasteiger partial charge in [0.15, 0.2) is 0 Å². The summed E-state index contributed by atoms with van der Waals surface area (Å²) in [6.45, 7) is 9.29. The highest BCUT2D eigenvalue weighted by molar-refractivity contribution is 5.77. The Labute approximate surface area is 69.1 Å². The quantitative estimate of drug-likeness (QED) is 0.345. The number of carbonyl (C=O) groups is 1. The van der Waals surface area contributed by atoms with Crippen LogP contribution in [0.2, 0.25) is 0 Å². The van der Waals surface area contributed by atoms with Crippen LogP contribution in [-0.2, 0) is 4.79 Å². The summed E-state index contributed by atoms with van der Waals surface area (Å²) in [5.41, 5.74) is 0.676. The van der Waals surface area contributed by atoms with Crippen LogP contribution in [0.1, 0.15) is 20.8 Å². The molecule has 0 aliphatic carbocycles. The fourth-order valence-corrected chi connectivity index (χ4v) is 0.383. The van der Waals surface area contributed by atoms with E-state index in [-0.39, 0.29) is 0 Å². The Kier molecular flexibility index (Phi) is 13.3. The molecule has 0 fully saturated rings. The summed E-state index contributed by atoms with van der Waals surface area (Å²) in [5, 5.41) is 0. The van der Waals surface area contributed by atoms with Gasteiger partial charge in [-0.2, -0.15) is 0 Å². The lowest BCUT2D eigenvalue weighted by Crippen LogP contribution is -1.74. The molecule has 0 unspecified atom stereocenters. The van der Waals surface area contributed by atoms with Crippen molar-refractivity contribution in [1.82, 2.24) is 0 Å². The van der Waals surface area contributed by atoms with Gasteiger partial charge in [-0.25, -0.2) is 0 Å². The van der Waals surface area contributed by atoms with Gasteiger partial charge in [0.1, 0.15) is 6.29 Å². The largest absolute Gasteiger partial charge is 0.298 e. The van der Waals surface area contributed by atoms with Gasteiger partial charge >= 0.3 is 0 Å². The number of allylic oxidation sites excluding steroid dienone is 5. The maximum absolute atomic E-state index is 10.1. The maximum atomic E-state index is 10.1. The van der Waals surface area contributed by atoms with Crippen molar-refractivity contribution >= 4 is 6.29 Å². The fourth-order valence-electron chi connectivity index (χ4n) is 0.383. The van der Waals surface area contributed by atoms with E-state index in [0.717, 1.165) is 6.29 Å². The predicted octanol–water partition coefficient (Wildman–Crippen LogP) is 2.90. The second kappa shape index (κ2) is 11.7. The summed E-state index contributed by atoms with van der Waals surface area (Å²) in [6.07, 6.45) is 7.61. The summed E-state index contributed by atoms with van der Waals surface area (Å²) in [7, 11) is 0. The molecular formula is C10H16O. The number of carbonyl (C=O) groups excluding carboxylic acids is 1. The molecular weight excluding hydrogens is 136 g/mol. The van der Waals surface area contributed by atoms with Crippen molar-refractivity contribution in [3.05, 3.63) is 36.5 Å². The molecule has 1 nitrogen and oxygen atoms in total. The van der Waals surface area contributed by atoms with Crippen LogP contribution in [0.15, 0.2) is 36.5 Å². The minimum Gasteiger partial charge on any atom is -0.298 e. The SMILES string of the molecule is C=C/C=C\C(C=O)=C/C.CC. The van der Waals surface area contributed by atoms with Gasteiger partial charge in [0.05, 0.1) is 0 Å². The summed E-state index contributed by atoms with van der Waals surface area (Å²) >= 11 is 0. The summed E-state index contributed by atoms with van der Waals surface area (Å²) < 4.78 is 0. The second-order valence-corrected chi connectivity index (χ2v) is 1.50. The van der Waals surface area contributed by atoms with Crippen LogP contribution in [0.4, 0.5) is 0 Å². The third kappa shape index (κ3) is 8.89. The van der Waals surface area contributed by atoms with Gasteiger partial charge in [0.25, 0.3) is 0 Å². The van der Waals surface area contributed by atoms with E-state index in [4.69, 9.17) is 0 Å². The first-order chi connectivity index (χ1) is 5.35. The van der Waals surface area contributed by atoms with Crippen LogP contribution in [0, 0.1) is 0 Å². The van der Waals surface area contributed by atoms with Crippen LogP contribution in [0.5, 0.6) is 0 Å². The van der Waals surface area contributed by atoms with Crippen molar-refractivity contribution in [2.24, 2.45) is 0 Å². The minimum atomic E-state index is 0.676. The molecule has 0 aliphatic heterocycles. The summed E-state index contributed by atoms with van der Waals surface area (Å²) in [4.78, 5) is 10.1. The molecule has 0 aliphatic rings. The lowest BCUT2D eigenvalue weighted by atomic mass is 10.2. The first-order valence-electron chi connectivity index (χ1n) is 3.75. The van der Waals surface area contributed by atoms with E-state index >= 15 is 0 Å². The third-order valence-corrected chi connectivity index (χ3v) is 0.894. The Morgan fingerprint density at radius 2 is 1.91 bits per heavy atom. The standard InChI is InChI=1S/C8H10O.C2H6/c1-3-5-6-8(4-2)7-9;1-2/h3-7H,1H2,2H3;1-2H3/b6-5-,8-4+;. The predicted molar refractivity (Wildman–Crippen MR) is 50.5 cm³/mol. The molecule has 0 heterocycles. The van der Waals surface area contributed by atoms with Gasteiger partial charge in [0, 0.05) is 5.57 Å². The zero-order valence-electron chi connectivity index (χ0n) is 7.50. The normalized spacial score (nSPS) is 10.3. The number of hydrogen-bond acceptors (Lipinski definition) is 1. The first kappa shape index (κ1) is 12.6. The molecule has 0 aromatic rings. The Hall–Kier alpha value is -1.11. The van der Waals surface area contributed by atoms with Crippen LogP contribution in [-0.4, -0.2) is 6.29 Å². The van der Waals surface area contributed by atoms with Gasteiger partial charge in [-0.1, -0.05) is 44.7 Å². The molecule has 0 saturated carbocycles. The molecule has 0 N–H and O–H groups in total. The smallest absolute Gasteiger partial charge is 0.149 e. The number of hydrogen-bond donors (Lipinski definition) is 0. The Morgan fingerprint density at radius 3 is 2.18 bits per heavy atom. The lowest BCUT2D eigenvalue weighted by Gasteiger charge is -1.81. The van der Waals surface area contributed by atoms with Gasteiger partial charge in [-0.3, -0.25) is 4.79 Å². The molecule has 0 spiro atoms. The van der Waals surface area contributed by atoms with Crippen molar-refractivity contribution in [2.45, 2.75) is 20.8 Å². The summed E-state index contributed by atoms with van der Waals surface area (Å²) in [6, 6.07) is 0. The Balaban J connectivity index is 0. The molecule has 1 heteroatoms. The Bertz CT molecular complexity index is 152. The highest BCUT2D eigenvalue weighted by Gasteiger charge is 1.80. The lowest BCUT2D eigenvalue weighted by molar-refractivity contribution is -0.104. The average molecular weight is 152 g/mol. The molecule has 62 valence electrons. The zero-order chi connectivity index (χ0) is 9.11. The monoisotopic (exact) mass is 152 g/mol. The van der Waals surface area contributed by atoms with Crippen LogP contribution in [0.3, 0.4) is 0 Å². The number of rotatable bonds is 3. The van der Waals surface area contributed by atoms with Gasteiger partial charge in [-0.15, -0.1) is 0 Å². The van der Waals surface area contributed by atoms with Gasteiger partial charge < -0.3 is 0 Å². The minimum absolute atomic E-state index is 0.676. The average Bonchev–Trinajstić information content (AvgIpc) is 2.10. The maximum Gasteiger partial charge on any atom is 0.149 e. The molecule has 0 rings (SSSR count). The molecule has 11 heavy (non-hydrogen) atoms. The molecule has 0 saturated heterocycles. The summed E-state index contributed by atoms with van der Waals surface area (Å²) in [5.74, 6) is 0. The highest BCUT2D eigenvalue weighted by atomic mass is 16.1. The number of aldehydes is 1. The Morgan fingerprint density at radius 1 is 1.36 bits per heavy atom. The first-order valence-corrected chi connectivity index (χ1v) is 3.75. The van der Waals surface area contributed by atoms with Crippen molar-refractivity contribution in [2.75, 3.05) is 0 Å². The van der Waals surface area contributed by atoms with E-state index in [1.165, 1.54) is 0 Å². The van der Waals surface area contributed by atoms with Crippen LogP contribution < -0.4 is 0 Å². The molecule has 0 amide bonds. The van der Waals surface area contributed by atoms with Crippen LogP contribution in [0.25, 0.3) is 0 Å². The van der Waals surface area contributed by atoms with E-state index in [1.807, 2.05) is 20.8 Å². The van der Waals surface area contributed by atoms with Crippen molar-refractivity contribution < 1.29 is 4.79 Å². The van der Waals surface area contributed by atoms with Gasteiger partial charge in [0.2, 0.25) is 0 Å². The topological polar surface area (TPSA) is 17.1 Å². The van der Waals surface area contributed by atoms with Crippen molar-refractivity contribution in [3.63, 3.8) is 0 Å². The zero-order valence-corrected chi connectivity index (χ0v) is 7.50.